The zero-order chi connectivity index (χ0) is 12.6. The molecule has 17 heavy (non-hydrogen) atoms. The number of aryl methyl sites for hydroxylation is 1. The highest BCUT2D eigenvalue weighted by molar-refractivity contribution is 7.19. The maximum Gasteiger partial charge on any atom is 0.160 e. The van der Waals surface area contributed by atoms with Gasteiger partial charge >= 0.3 is 0 Å². The van der Waals surface area contributed by atoms with Crippen LogP contribution in [0.1, 0.15) is 24.3 Å². The molecule has 0 atom stereocenters. The summed E-state index contributed by atoms with van der Waals surface area (Å²) in [5.74, 6) is -1.55. The number of thiophene rings is 1. The van der Waals surface area contributed by atoms with Gasteiger partial charge in [0.1, 0.15) is 0 Å². The van der Waals surface area contributed by atoms with E-state index in [-0.39, 0.29) is 0 Å². The minimum absolute atomic E-state index is 0.396. The molecule has 0 amide bonds. The van der Waals surface area contributed by atoms with Crippen molar-refractivity contribution in [2.24, 2.45) is 0 Å². The van der Waals surface area contributed by atoms with E-state index in [9.17, 15) is 8.78 Å². The molecule has 2 aromatic rings. The van der Waals surface area contributed by atoms with Crippen LogP contribution in [0, 0.1) is 18.6 Å². The number of rotatable bonds is 3. The molecule has 0 saturated carbocycles. The zero-order valence-electron chi connectivity index (χ0n) is 10.1. The monoisotopic (exact) mass is 255 g/mol. The number of benzene rings is 1. The average molecular weight is 255 g/mol. The number of hydrogen-bond acceptors (Lipinski definition) is 2. The van der Waals surface area contributed by atoms with Crippen molar-refractivity contribution in [3.8, 4) is 0 Å². The van der Waals surface area contributed by atoms with Gasteiger partial charge in [-0.3, -0.25) is 0 Å². The molecule has 0 aliphatic heterocycles. The highest BCUT2D eigenvalue weighted by Crippen LogP contribution is 2.32. The zero-order valence-corrected chi connectivity index (χ0v) is 10.9. The van der Waals surface area contributed by atoms with Gasteiger partial charge in [0.2, 0.25) is 0 Å². The number of nitrogens with one attached hydrogen (secondary N) is 1. The predicted molar refractivity (Wildman–Crippen MR) is 68.5 cm³/mol. The number of hydrogen-bond donors (Lipinski definition) is 1. The van der Waals surface area contributed by atoms with Crippen molar-refractivity contribution < 1.29 is 8.78 Å². The van der Waals surface area contributed by atoms with Crippen molar-refractivity contribution in [1.82, 2.24) is 5.32 Å². The maximum atomic E-state index is 13.2. The summed E-state index contributed by atoms with van der Waals surface area (Å²) in [6.45, 7) is 6.84. The van der Waals surface area contributed by atoms with Gasteiger partial charge in [0, 0.05) is 22.2 Å². The molecule has 0 unspecified atom stereocenters. The van der Waals surface area contributed by atoms with E-state index in [1.165, 1.54) is 23.5 Å². The summed E-state index contributed by atoms with van der Waals surface area (Å²) in [5.41, 5.74) is 1.04. The van der Waals surface area contributed by atoms with E-state index in [1.54, 1.807) is 0 Å². The lowest BCUT2D eigenvalue weighted by Gasteiger charge is -2.06. The fourth-order valence-corrected chi connectivity index (χ4v) is 2.90. The maximum absolute atomic E-state index is 13.2. The standard InChI is InChI=1S/C13H15F2NS/c1-7(2)16-6-13-8(3)9-4-10(14)11(15)5-12(9)17-13/h4-5,7,16H,6H2,1-3H3. The normalized spacial score (nSPS) is 11.6. The molecule has 0 fully saturated rings. The van der Waals surface area contributed by atoms with Crippen LogP contribution >= 0.6 is 11.3 Å². The first kappa shape index (κ1) is 12.5. The van der Waals surface area contributed by atoms with Gasteiger partial charge in [-0.2, -0.15) is 0 Å². The van der Waals surface area contributed by atoms with Gasteiger partial charge < -0.3 is 5.32 Å². The predicted octanol–water partition coefficient (Wildman–Crippen LogP) is 3.99. The summed E-state index contributed by atoms with van der Waals surface area (Å²) < 4.78 is 27.1. The Labute approximate surface area is 103 Å². The molecule has 0 radical (unpaired) electrons. The van der Waals surface area contributed by atoms with E-state index in [1.807, 2.05) is 6.92 Å². The summed E-state index contributed by atoms with van der Waals surface area (Å²) in [6, 6.07) is 2.96. The van der Waals surface area contributed by atoms with Crippen LogP contribution in [0.5, 0.6) is 0 Å². The van der Waals surface area contributed by atoms with Crippen LogP contribution in [-0.4, -0.2) is 6.04 Å². The highest BCUT2D eigenvalue weighted by Gasteiger charge is 2.12. The topological polar surface area (TPSA) is 12.0 Å². The van der Waals surface area contributed by atoms with E-state index in [0.717, 1.165) is 27.1 Å². The molecule has 1 N–H and O–H groups in total. The fourth-order valence-electron chi connectivity index (χ4n) is 1.73. The molecule has 2 rings (SSSR count). The quantitative estimate of drug-likeness (QED) is 0.874. The molecule has 0 saturated heterocycles. The summed E-state index contributed by atoms with van der Waals surface area (Å²) in [4.78, 5) is 1.14. The third kappa shape index (κ3) is 2.48. The smallest absolute Gasteiger partial charge is 0.160 e. The molecule has 0 bridgehead atoms. The Kier molecular flexibility index (Phi) is 3.45. The van der Waals surface area contributed by atoms with Gasteiger partial charge in [-0.1, -0.05) is 13.8 Å². The lowest BCUT2D eigenvalue weighted by molar-refractivity contribution is 0.511. The lowest BCUT2D eigenvalue weighted by Crippen LogP contribution is -2.21. The Morgan fingerprint density at radius 1 is 1.24 bits per heavy atom. The minimum Gasteiger partial charge on any atom is -0.310 e. The molecular weight excluding hydrogens is 240 g/mol. The summed E-state index contributed by atoms with van der Waals surface area (Å²) in [5, 5.41) is 4.13. The summed E-state index contributed by atoms with van der Waals surface area (Å²) in [6.07, 6.45) is 0. The molecular formula is C13H15F2NS. The third-order valence-corrected chi connectivity index (χ3v) is 4.00. The Balaban J connectivity index is 2.42. The molecule has 0 aliphatic rings. The van der Waals surface area contributed by atoms with Gasteiger partial charge in [0.05, 0.1) is 0 Å². The van der Waals surface area contributed by atoms with Crippen LogP contribution in [0.2, 0.25) is 0 Å². The number of halogens is 2. The molecule has 1 heterocycles. The van der Waals surface area contributed by atoms with Gasteiger partial charge in [-0.15, -0.1) is 11.3 Å². The highest BCUT2D eigenvalue weighted by atomic mass is 32.1. The first-order chi connectivity index (χ1) is 7.99. The van der Waals surface area contributed by atoms with E-state index < -0.39 is 11.6 Å². The Morgan fingerprint density at radius 2 is 1.88 bits per heavy atom. The molecule has 0 aliphatic carbocycles. The Hall–Kier alpha value is -1.00. The van der Waals surface area contributed by atoms with Crippen molar-refractivity contribution in [1.29, 1.82) is 0 Å². The molecule has 92 valence electrons. The number of fused-ring (bicyclic) bond motifs is 1. The average Bonchev–Trinajstić information content (AvgIpc) is 2.54. The molecule has 1 aromatic heterocycles. The third-order valence-electron chi connectivity index (χ3n) is 2.75. The van der Waals surface area contributed by atoms with E-state index in [4.69, 9.17) is 0 Å². The van der Waals surface area contributed by atoms with Crippen LogP contribution in [0.15, 0.2) is 12.1 Å². The Morgan fingerprint density at radius 3 is 2.53 bits per heavy atom. The minimum atomic E-state index is -0.776. The van der Waals surface area contributed by atoms with Gasteiger partial charge in [0.25, 0.3) is 0 Å². The first-order valence-corrected chi connectivity index (χ1v) is 6.41. The van der Waals surface area contributed by atoms with Crippen molar-refractivity contribution in [2.75, 3.05) is 0 Å². The summed E-state index contributed by atoms with van der Waals surface area (Å²) in [7, 11) is 0. The lowest BCUT2D eigenvalue weighted by atomic mass is 10.1. The Bertz CT molecular complexity index is 546. The van der Waals surface area contributed by atoms with E-state index in [0.29, 0.717) is 6.04 Å². The van der Waals surface area contributed by atoms with E-state index in [2.05, 4.69) is 19.2 Å². The van der Waals surface area contributed by atoms with Crippen LogP contribution in [0.4, 0.5) is 8.78 Å². The fraction of sp³-hybridized carbons (Fsp3) is 0.385. The molecule has 1 nitrogen and oxygen atoms in total. The van der Waals surface area contributed by atoms with Crippen molar-refractivity contribution in [2.45, 2.75) is 33.4 Å². The molecule has 1 aromatic carbocycles. The second-order valence-electron chi connectivity index (χ2n) is 4.45. The van der Waals surface area contributed by atoms with Crippen molar-refractivity contribution in [3.05, 3.63) is 34.2 Å². The molecule has 0 spiro atoms. The van der Waals surface area contributed by atoms with Crippen LogP contribution in [0.25, 0.3) is 10.1 Å². The van der Waals surface area contributed by atoms with Gasteiger partial charge in [-0.25, -0.2) is 8.78 Å². The SMILES string of the molecule is Cc1c(CNC(C)C)sc2cc(F)c(F)cc12. The van der Waals surface area contributed by atoms with Gasteiger partial charge in [-0.05, 0) is 30.0 Å². The van der Waals surface area contributed by atoms with Crippen LogP contribution in [-0.2, 0) is 6.54 Å². The van der Waals surface area contributed by atoms with Crippen LogP contribution in [0.3, 0.4) is 0 Å². The van der Waals surface area contributed by atoms with Crippen molar-refractivity contribution >= 4 is 21.4 Å². The molecule has 4 heteroatoms. The second kappa shape index (κ2) is 4.70. The first-order valence-electron chi connectivity index (χ1n) is 5.59. The van der Waals surface area contributed by atoms with Crippen LogP contribution < -0.4 is 5.32 Å². The largest absolute Gasteiger partial charge is 0.310 e. The van der Waals surface area contributed by atoms with Gasteiger partial charge in [0.15, 0.2) is 11.6 Å². The second-order valence-corrected chi connectivity index (χ2v) is 5.59. The van der Waals surface area contributed by atoms with Crippen molar-refractivity contribution in [3.63, 3.8) is 0 Å². The van der Waals surface area contributed by atoms with E-state index >= 15 is 0 Å². The summed E-state index contributed by atoms with van der Waals surface area (Å²) >= 11 is 1.52.